The van der Waals surface area contributed by atoms with Gasteiger partial charge >= 0.3 is 0 Å². The smallest absolute Gasteiger partial charge is 0.0286 e. The predicted octanol–water partition coefficient (Wildman–Crippen LogP) is 2.32. The Balaban J connectivity index is 3.11. The molecule has 1 rings (SSSR count). The van der Waals surface area contributed by atoms with Gasteiger partial charge in [-0.15, -0.1) is 0 Å². The van der Waals surface area contributed by atoms with Gasteiger partial charge in [-0.3, -0.25) is 4.99 Å². The molecule has 0 fully saturated rings. The maximum Gasteiger partial charge on any atom is 0.0286 e. The second-order valence-corrected chi connectivity index (χ2v) is 4.70. The summed E-state index contributed by atoms with van der Waals surface area (Å²) >= 11 is 0. The summed E-state index contributed by atoms with van der Waals surface area (Å²) in [6.07, 6.45) is 2.78. The molecule has 0 aliphatic rings. The highest BCUT2D eigenvalue weighted by Gasteiger charge is 2.14. The van der Waals surface area contributed by atoms with E-state index in [1.807, 2.05) is 20.1 Å². The van der Waals surface area contributed by atoms with Crippen LogP contribution in [0.2, 0.25) is 0 Å². The number of hydrogen-bond donors (Lipinski definition) is 1. The third kappa shape index (κ3) is 3.48. The van der Waals surface area contributed by atoms with Gasteiger partial charge in [-0.25, -0.2) is 0 Å². The van der Waals surface area contributed by atoms with Crippen molar-refractivity contribution in [2.75, 3.05) is 7.05 Å². The van der Waals surface area contributed by atoms with Gasteiger partial charge in [0.1, 0.15) is 0 Å². The fourth-order valence-electron chi connectivity index (χ4n) is 1.70. The lowest BCUT2D eigenvalue weighted by Crippen LogP contribution is -2.34. The summed E-state index contributed by atoms with van der Waals surface area (Å²) < 4.78 is 0. The maximum absolute atomic E-state index is 6.04. The molecule has 0 heterocycles. The lowest BCUT2D eigenvalue weighted by atomic mass is 9.91. The zero-order valence-electron chi connectivity index (χ0n) is 10.0. The van der Waals surface area contributed by atoms with Gasteiger partial charge in [-0.05, 0) is 43.9 Å². The van der Waals surface area contributed by atoms with E-state index in [2.05, 4.69) is 30.1 Å². The molecule has 0 spiro atoms. The molecule has 0 radical (unpaired) electrons. The van der Waals surface area contributed by atoms with Gasteiger partial charge in [0.25, 0.3) is 0 Å². The summed E-state index contributed by atoms with van der Waals surface area (Å²) in [5.41, 5.74) is 9.59. The summed E-state index contributed by atoms with van der Waals surface area (Å²) in [6.45, 7) is 6.19. The second kappa shape index (κ2) is 4.58. The van der Waals surface area contributed by atoms with Gasteiger partial charge < -0.3 is 5.73 Å². The topological polar surface area (TPSA) is 38.4 Å². The summed E-state index contributed by atoms with van der Waals surface area (Å²) in [5.74, 6) is 0. The van der Waals surface area contributed by atoms with Crippen LogP contribution in [0, 0.1) is 6.92 Å². The highest BCUT2D eigenvalue weighted by Crippen LogP contribution is 2.17. The number of aryl methyl sites for hydroxylation is 1. The van der Waals surface area contributed by atoms with Gasteiger partial charge in [0.05, 0.1) is 0 Å². The lowest BCUT2D eigenvalue weighted by molar-refractivity contribution is 0.516. The van der Waals surface area contributed by atoms with Gasteiger partial charge in [-0.2, -0.15) is 0 Å². The van der Waals surface area contributed by atoms with E-state index >= 15 is 0 Å². The zero-order valence-corrected chi connectivity index (χ0v) is 10.0. The van der Waals surface area contributed by atoms with Gasteiger partial charge in [-0.1, -0.05) is 18.2 Å². The zero-order chi connectivity index (χ0) is 11.5. The van der Waals surface area contributed by atoms with E-state index in [4.69, 9.17) is 5.73 Å². The molecule has 0 unspecified atom stereocenters. The SMILES string of the molecule is C/N=C\c1c(C)cccc1CC(C)(C)N. The average molecular weight is 204 g/mol. The first kappa shape index (κ1) is 11.9. The van der Waals surface area contributed by atoms with Crippen molar-refractivity contribution in [3.63, 3.8) is 0 Å². The van der Waals surface area contributed by atoms with E-state index in [0.29, 0.717) is 0 Å². The molecule has 0 aromatic heterocycles. The van der Waals surface area contributed by atoms with Crippen LogP contribution in [-0.2, 0) is 6.42 Å². The van der Waals surface area contributed by atoms with E-state index in [-0.39, 0.29) is 5.54 Å². The Labute approximate surface area is 92.2 Å². The summed E-state index contributed by atoms with van der Waals surface area (Å²) in [7, 11) is 1.80. The first-order chi connectivity index (χ1) is 6.94. The number of nitrogens with zero attached hydrogens (tertiary/aromatic N) is 1. The van der Waals surface area contributed by atoms with Gasteiger partial charge in [0.2, 0.25) is 0 Å². The molecule has 1 aromatic rings. The Morgan fingerprint density at radius 2 is 2.07 bits per heavy atom. The third-order valence-electron chi connectivity index (χ3n) is 2.32. The number of nitrogens with two attached hydrogens (primary N) is 1. The number of benzene rings is 1. The van der Waals surface area contributed by atoms with Crippen LogP contribution in [0.4, 0.5) is 0 Å². The Morgan fingerprint density at radius 3 is 2.60 bits per heavy atom. The molecule has 2 nitrogen and oxygen atoms in total. The van der Waals surface area contributed by atoms with Crippen LogP contribution in [-0.4, -0.2) is 18.8 Å². The Morgan fingerprint density at radius 1 is 1.40 bits per heavy atom. The van der Waals surface area contributed by atoms with Crippen molar-refractivity contribution in [1.82, 2.24) is 0 Å². The molecule has 2 heteroatoms. The molecule has 0 saturated carbocycles. The second-order valence-electron chi connectivity index (χ2n) is 4.70. The largest absolute Gasteiger partial charge is 0.325 e. The van der Waals surface area contributed by atoms with Crippen LogP contribution in [0.25, 0.3) is 0 Å². The van der Waals surface area contributed by atoms with E-state index in [9.17, 15) is 0 Å². The van der Waals surface area contributed by atoms with Crippen molar-refractivity contribution < 1.29 is 0 Å². The van der Waals surface area contributed by atoms with Crippen LogP contribution >= 0.6 is 0 Å². The summed E-state index contributed by atoms with van der Waals surface area (Å²) in [5, 5.41) is 0. The van der Waals surface area contributed by atoms with Gasteiger partial charge in [0.15, 0.2) is 0 Å². The lowest BCUT2D eigenvalue weighted by Gasteiger charge is -2.20. The molecule has 0 bridgehead atoms. The number of rotatable bonds is 3. The molecule has 1 aromatic carbocycles. The van der Waals surface area contributed by atoms with E-state index in [1.54, 1.807) is 7.05 Å². The van der Waals surface area contributed by atoms with E-state index < -0.39 is 0 Å². The minimum absolute atomic E-state index is 0.176. The fraction of sp³-hybridized carbons (Fsp3) is 0.462. The monoisotopic (exact) mass is 204 g/mol. The average Bonchev–Trinajstić information content (AvgIpc) is 2.08. The van der Waals surface area contributed by atoms with Crippen molar-refractivity contribution in [2.45, 2.75) is 32.7 Å². The quantitative estimate of drug-likeness (QED) is 0.754. The Kier molecular flexibility index (Phi) is 3.64. The van der Waals surface area contributed by atoms with Crippen molar-refractivity contribution in [2.24, 2.45) is 10.7 Å². The predicted molar refractivity (Wildman–Crippen MR) is 66.7 cm³/mol. The molecular weight excluding hydrogens is 184 g/mol. The van der Waals surface area contributed by atoms with Crippen LogP contribution in [0.5, 0.6) is 0 Å². The van der Waals surface area contributed by atoms with Crippen LogP contribution in [0.1, 0.15) is 30.5 Å². The normalized spacial score (nSPS) is 12.3. The molecule has 0 amide bonds. The Hall–Kier alpha value is -1.15. The van der Waals surface area contributed by atoms with Crippen molar-refractivity contribution in [1.29, 1.82) is 0 Å². The van der Waals surface area contributed by atoms with Crippen molar-refractivity contribution in [3.8, 4) is 0 Å². The van der Waals surface area contributed by atoms with Crippen LogP contribution < -0.4 is 5.73 Å². The highest BCUT2D eigenvalue weighted by molar-refractivity contribution is 5.83. The first-order valence-corrected chi connectivity index (χ1v) is 5.23. The molecule has 2 N–H and O–H groups in total. The highest BCUT2D eigenvalue weighted by atomic mass is 14.7. The molecule has 0 aliphatic carbocycles. The Bertz CT molecular complexity index is 359. The molecule has 0 aliphatic heterocycles. The standard InChI is InChI=1S/C13H20N2/c1-10-6-5-7-11(8-13(2,3)14)12(10)9-15-4/h5-7,9H,8,14H2,1-4H3/b15-9-. The number of hydrogen-bond acceptors (Lipinski definition) is 2. The summed E-state index contributed by atoms with van der Waals surface area (Å²) in [6, 6.07) is 6.30. The third-order valence-corrected chi connectivity index (χ3v) is 2.32. The molecule has 15 heavy (non-hydrogen) atoms. The fourth-order valence-corrected chi connectivity index (χ4v) is 1.70. The minimum Gasteiger partial charge on any atom is -0.325 e. The molecule has 0 saturated heterocycles. The first-order valence-electron chi connectivity index (χ1n) is 5.23. The van der Waals surface area contributed by atoms with Crippen LogP contribution in [0.15, 0.2) is 23.2 Å². The molecule has 82 valence electrons. The maximum atomic E-state index is 6.04. The molecule has 0 atom stereocenters. The van der Waals surface area contributed by atoms with E-state index in [1.165, 1.54) is 16.7 Å². The van der Waals surface area contributed by atoms with Crippen LogP contribution in [0.3, 0.4) is 0 Å². The van der Waals surface area contributed by atoms with E-state index in [0.717, 1.165) is 6.42 Å². The minimum atomic E-state index is -0.176. The van der Waals surface area contributed by atoms with Crippen molar-refractivity contribution >= 4 is 6.21 Å². The van der Waals surface area contributed by atoms with Gasteiger partial charge in [0, 0.05) is 18.8 Å². The van der Waals surface area contributed by atoms with Crippen molar-refractivity contribution in [3.05, 3.63) is 34.9 Å². The number of aliphatic imine (C=N–C) groups is 1. The molecular formula is C13H20N2. The summed E-state index contributed by atoms with van der Waals surface area (Å²) in [4.78, 5) is 4.09.